The summed E-state index contributed by atoms with van der Waals surface area (Å²) in [5, 5.41) is 20.6. The number of carbonyl (C=O) groups excluding carboxylic acids is 1. The van der Waals surface area contributed by atoms with Crippen LogP contribution >= 0.6 is 11.8 Å². The molecule has 166 valence electrons. The molecular weight excluding hydrogens is 446 g/mol. The van der Waals surface area contributed by atoms with Crippen LogP contribution in [0.3, 0.4) is 0 Å². The molecule has 1 heterocycles. The van der Waals surface area contributed by atoms with E-state index in [4.69, 9.17) is 10.5 Å². The SMILES string of the molecule is Cc1ccc2c(c1)SC(NC(=O)c1ccc(S(=O)(=O)N(CCC#N)CCC#N)cc1)N2C. The Labute approximate surface area is 192 Å². The maximum Gasteiger partial charge on any atom is 0.253 e. The lowest BCUT2D eigenvalue weighted by molar-refractivity contribution is 0.0950. The quantitative estimate of drug-likeness (QED) is 0.631. The fourth-order valence-electron chi connectivity index (χ4n) is 3.28. The van der Waals surface area contributed by atoms with Gasteiger partial charge in [0.1, 0.15) is 0 Å². The van der Waals surface area contributed by atoms with Crippen LogP contribution in [0.5, 0.6) is 0 Å². The molecule has 1 aliphatic rings. The van der Waals surface area contributed by atoms with Crippen molar-refractivity contribution in [3.05, 3.63) is 53.6 Å². The second kappa shape index (κ2) is 10.0. The van der Waals surface area contributed by atoms with E-state index in [2.05, 4.69) is 11.4 Å². The normalized spacial score (nSPS) is 15.2. The molecule has 8 nitrogen and oxygen atoms in total. The smallest absolute Gasteiger partial charge is 0.253 e. The van der Waals surface area contributed by atoms with Gasteiger partial charge in [0, 0.05) is 43.4 Å². The van der Waals surface area contributed by atoms with Gasteiger partial charge in [-0.3, -0.25) is 4.79 Å². The van der Waals surface area contributed by atoms with Crippen molar-refractivity contribution in [2.24, 2.45) is 0 Å². The van der Waals surface area contributed by atoms with Crippen molar-refractivity contribution >= 4 is 33.4 Å². The van der Waals surface area contributed by atoms with E-state index in [0.717, 1.165) is 20.5 Å². The fraction of sp³-hybridized carbons (Fsp3) is 0.318. The van der Waals surface area contributed by atoms with Gasteiger partial charge in [-0.1, -0.05) is 17.8 Å². The molecule has 1 atom stereocenters. The Morgan fingerprint density at radius 3 is 2.34 bits per heavy atom. The first kappa shape index (κ1) is 23.6. The molecular formula is C22H23N5O3S2. The van der Waals surface area contributed by atoms with Crippen LogP contribution in [-0.2, 0) is 10.0 Å². The van der Waals surface area contributed by atoms with Crippen LogP contribution in [0.15, 0.2) is 52.3 Å². The van der Waals surface area contributed by atoms with Gasteiger partial charge < -0.3 is 10.2 Å². The lowest BCUT2D eigenvalue weighted by Crippen LogP contribution is -2.41. The largest absolute Gasteiger partial charge is 0.345 e. The minimum absolute atomic E-state index is 0.00796. The minimum Gasteiger partial charge on any atom is -0.345 e. The molecule has 1 aliphatic heterocycles. The van der Waals surface area contributed by atoms with Gasteiger partial charge in [-0.2, -0.15) is 14.8 Å². The van der Waals surface area contributed by atoms with Gasteiger partial charge in [0.25, 0.3) is 5.91 Å². The van der Waals surface area contributed by atoms with Crippen molar-refractivity contribution in [3.63, 3.8) is 0 Å². The van der Waals surface area contributed by atoms with E-state index in [1.165, 1.54) is 24.3 Å². The monoisotopic (exact) mass is 469 g/mol. The van der Waals surface area contributed by atoms with Crippen LogP contribution in [0.2, 0.25) is 0 Å². The highest BCUT2D eigenvalue weighted by molar-refractivity contribution is 8.00. The Bertz CT molecular complexity index is 1170. The van der Waals surface area contributed by atoms with E-state index in [-0.39, 0.29) is 42.2 Å². The average molecular weight is 470 g/mol. The van der Waals surface area contributed by atoms with E-state index in [1.54, 1.807) is 11.8 Å². The van der Waals surface area contributed by atoms with Crippen molar-refractivity contribution in [3.8, 4) is 12.1 Å². The van der Waals surface area contributed by atoms with Crippen LogP contribution in [0.1, 0.15) is 28.8 Å². The molecule has 1 N–H and O–H groups in total. The lowest BCUT2D eigenvalue weighted by atomic mass is 10.2. The molecule has 0 fully saturated rings. The molecule has 32 heavy (non-hydrogen) atoms. The number of carbonyl (C=O) groups is 1. The highest BCUT2D eigenvalue weighted by atomic mass is 32.2. The molecule has 10 heteroatoms. The summed E-state index contributed by atoms with van der Waals surface area (Å²) in [7, 11) is -1.96. The second-order valence-electron chi connectivity index (χ2n) is 7.27. The van der Waals surface area contributed by atoms with Gasteiger partial charge in [-0.05, 0) is 48.9 Å². The highest BCUT2D eigenvalue weighted by Crippen LogP contribution is 2.41. The zero-order valence-corrected chi connectivity index (χ0v) is 19.4. The van der Waals surface area contributed by atoms with Crippen molar-refractivity contribution in [2.75, 3.05) is 25.0 Å². The summed E-state index contributed by atoms with van der Waals surface area (Å²) >= 11 is 1.55. The van der Waals surface area contributed by atoms with Gasteiger partial charge in [-0.15, -0.1) is 0 Å². The Kier molecular flexibility index (Phi) is 7.41. The predicted molar refractivity (Wildman–Crippen MR) is 122 cm³/mol. The Hall–Kier alpha value is -3.05. The third-order valence-corrected chi connectivity index (χ3v) is 8.19. The minimum atomic E-state index is -3.87. The summed E-state index contributed by atoms with van der Waals surface area (Å²) < 4.78 is 26.9. The second-order valence-corrected chi connectivity index (χ2v) is 10.3. The molecule has 0 aliphatic carbocycles. The van der Waals surface area contributed by atoms with E-state index in [1.807, 2.05) is 43.1 Å². The number of nitrogens with one attached hydrogen (secondary N) is 1. The maximum atomic E-state index is 12.9. The topological polar surface area (TPSA) is 117 Å². The summed E-state index contributed by atoms with van der Waals surface area (Å²) in [6, 6.07) is 15.6. The van der Waals surface area contributed by atoms with E-state index in [9.17, 15) is 13.2 Å². The number of thioether (sulfide) groups is 1. The summed E-state index contributed by atoms with van der Waals surface area (Å²) in [5.74, 6) is -0.311. The number of nitriles is 2. The van der Waals surface area contributed by atoms with Gasteiger partial charge in [0.05, 0.1) is 22.7 Å². The van der Waals surface area contributed by atoms with Gasteiger partial charge in [0.15, 0.2) is 5.50 Å². The van der Waals surface area contributed by atoms with Crippen molar-refractivity contribution < 1.29 is 13.2 Å². The van der Waals surface area contributed by atoms with Crippen molar-refractivity contribution in [2.45, 2.75) is 35.1 Å². The van der Waals surface area contributed by atoms with Crippen LogP contribution in [0.4, 0.5) is 5.69 Å². The number of benzene rings is 2. The Morgan fingerprint density at radius 2 is 1.75 bits per heavy atom. The van der Waals surface area contributed by atoms with Crippen LogP contribution in [0, 0.1) is 29.6 Å². The summed E-state index contributed by atoms with van der Waals surface area (Å²) in [4.78, 5) is 15.8. The maximum absolute atomic E-state index is 12.9. The Morgan fingerprint density at radius 1 is 1.12 bits per heavy atom. The molecule has 0 aromatic heterocycles. The van der Waals surface area contributed by atoms with Gasteiger partial charge in [0.2, 0.25) is 10.0 Å². The van der Waals surface area contributed by atoms with E-state index in [0.29, 0.717) is 5.56 Å². The van der Waals surface area contributed by atoms with Crippen LogP contribution in [0.25, 0.3) is 0 Å². The van der Waals surface area contributed by atoms with E-state index >= 15 is 0 Å². The molecule has 0 saturated carbocycles. The Balaban J connectivity index is 1.71. The third kappa shape index (κ3) is 5.05. The number of fused-ring (bicyclic) bond motifs is 1. The van der Waals surface area contributed by atoms with Crippen LogP contribution in [-0.4, -0.2) is 44.3 Å². The first-order valence-electron chi connectivity index (χ1n) is 9.93. The number of rotatable bonds is 8. The lowest BCUT2D eigenvalue weighted by Gasteiger charge is -2.22. The van der Waals surface area contributed by atoms with Crippen LogP contribution < -0.4 is 10.2 Å². The zero-order valence-electron chi connectivity index (χ0n) is 17.8. The number of hydrogen-bond donors (Lipinski definition) is 1. The number of aryl methyl sites for hydroxylation is 1. The third-order valence-electron chi connectivity index (χ3n) is 5.04. The molecule has 0 spiro atoms. The first-order chi connectivity index (χ1) is 15.3. The molecule has 0 bridgehead atoms. The number of nitrogens with zero attached hydrogens (tertiary/aromatic N) is 4. The summed E-state index contributed by atoms with van der Waals surface area (Å²) in [6.45, 7) is 2.03. The summed E-state index contributed by atoms with van der Waals surface area (Å²) in [5.41, 5.74) is 2.26. The van der Waals surface area contributed by atoms with Gasteiger partial charge in [-0.25, -0.2) is 8.42 Å². The summed E-state index contributed by atoms with van der Waals surface area (Å²) in [6.07, 6.45) is 0.0548. The first-order valence-corrected chi connectivity index (χ1v) is 12.2. The molecule has 2 aromatic carbocycles. The van der Waals surface area contributed by atoms with Crippen molar-refractivity contribution in [1.82, 2.24) is 9.62 Å². The predicted octanol–water partition coefficient (Wildman–Crippen LogP) is 3.07. The standard InChI is InChI=1S/C22H23N5O3S2/c1-16-5-10-19-20(15-16)31-22(26(19)2)25-21(28)17-6-8-18(9-7-17)32(29,30)27(13-3-11-23)14-4-12-24/h5-10,15,22H,3-4,13-14H2,1-2H3,(H,25,28). The van der Waals surface area contributed by atoms with Crippen molar-refractivity contribution in [1.29, 1.82) is 10.5 Å². The molecule has 1 amide bonds. The highest BCUT2D eigenvalue weighted by Gasteiger charge is 2.29. The number of amides is 1. The number of anilines is 1. The zero-order chi connectivity index (χ0) is 23.3. The van der Waals surface area contributed by atoms with E-state index < -0.39 is 10.0 Å². The average Bonchev–Trinajstić information content (AvgIpc) is 3.07. The molecule has 1 unspecified atom stereocenters. The molecule has 3 rings (SSSR count). The number of sulfonamides is 1. The molecule has 2 aromatic rings. The number of hydrogen-bond acceptors (Lipinski definition) is 7. The fourth-order valence-corrected chi connectivity index (χ4v) is 5.99. The molecule has 0 radical (unpaired) electrons. The van der Waals surface area contributed by atoms with Gasteiger partial charge >= 0.3 is 0 Å². The molecule has 0 saturated heterocycles.